The molecule has 0 spiro atoms. The number of nitrogens with zero attached hydrogens (tertiary/aromatic N) is 2. The van der Waals surface area contributed by atoms with Crippen molar-refractivity contribution in [1.82, 2.24) is 15.5 Å². The van der Waals surface area contributed by atoms with E-state index in [1.54, 1.807) is 12.1 Å². The van der Waals surface area contributed by atoms with Crippen molar-refractivity contribution in [2.24, 2.45) is 0 Å². The molecule has 1 aliphatic rings. The molecule has 2 heterocycles. The van der Waals surface area contributed by atoms with Gasteiger partial charge in [0.2, 0.25) is 5.82 Å². The lowest BCUT2D eigenvalue weighted by Crippen LogP contribution is -2.31. The topological polar surface area (TPSA) is 124 Å². The SMILES string of the molecule is CC(C)Oc1ccc(-c2nc(-c3cccc4c3CCNC4CC(=O)O)no2)cc1N. The maximum atomic E-state index is 11.2. The van der Waals surface area contributed by atoms with E-state index in [9.17, 15) is 9.90 Å². The van der Waals surface area contributed by atoms with Crippen LogP contribution in [0.25, 0.3) is 22.8 Å². The van der Waals surface area contributed by atoms with E-state index in [2.05, 4.69) is 15.5 Å². The van der Waals surface area contributed by atoms with Gasteiger partial charge in [-0.3, -0.25) is 4.79 Å². The Labute approximate surface area is 174 Å². The van der Waals surface area contributed by atoms with Crippen molar-refractivity contribution in [3.8, 4) is 28.6 Å². The molecule has 0 saturated carbocycles. The number of aromatic nitrogens is 2. The average molecular weight is 408 g/mol. The highest BCUT2D eigenvalue weighted by Crippen LogP contribution is 2.34. The summed E-state index contributed by atoms with van der Waals surface area (Å²) < 4.78 is 11.2. The summed E-state index contributed by atoms with van der Waals surface area (Å²) in [6.07, 6.45) is 0.814. The quantitative estimate of drug-likeness (QED) is 0.530. The van der Waals surface area contributed by atoms with Crippen LogP contribution in [0.1, 0.15) is 37.4 Å². The van der Waals surface area contributed by atoms with Crippen LogP contribution < -0.4 is 15.8 Å². The number of carbonyl (C=O) groups is 1. The molecule has 0 aliphatic carbocycles. The number of rotatable bonds is 6. The molecule has 1 aromatic heterocycles. The molecule has 1 aliphatic heterocycles. The molecule has 8 nitrogen and oxygen atoms in total. The van der Waals surface area contributed by atoms with Crippen molar-refractivity contribution in [2.45, 2.75) is 38.8 Å². The van der Waals surface area contributed by atoms with Gasteiger partial charge in [-0.25, -0.2) is 0 Å². The largest absolute Gasteiger partial charge is 0.489 e. The third-order valence-corrected chi connectivity index (χ3v) is 5.02. The number of benzene rings is 2. The van der Waals surface area contributed by atoms with Gasteiger partial charge in [0.05, 0.1) is 18.2 Å². The van der Waals surface area contributed by atoms with E-state index in [1.807, 2.05) is 38.1 Å². The minimum Gasteiger partial charge on any atom is -0.489 e. The van der Waals surface area contributed by atoms with E-state index in [-0.39, 0.29) is 18.6 Å². The van der Waals surface area contributed by atoms with Gasteiger partial charge in [0.25, 0.3) is 5.89 Å². The molecule has 156 valence electrons. The van der Waals surface area contributed by atoms with E-state index in [1.165, 1.54) is 0 Å². The molecule has 2 aromatic carbocycles. The van der Waals surface area contributed by atoms with Crippen LogP contribution in [0.3, 0.4) is 0 Å². The number of nitrogens with two attached hydrogens (primary N) is 1. The molecule has 8 heteroatoms. The number of fused-ring (bicyclic) bond motifs is 1. The van der Waals surface area contributed by atoms with Crippen LogP contribution in [-0.4, -0.2) is 33.9 Å². The average Bonchev–Trinajstić information content (AvgIpc) is 3.19. The van der Waals surface area contributed by atoms with Gasteiger partial charge in [0, 0.05) is 17.2 Å². The maximum Gasteiger partial charge on any atom is 0.305 e. The van der Waals surface area contributed by atoms with E-state index < -0.39 is 5.97 Å². The second-order valence-corrected chi connectivity index (χ2v) is 7.57. The Balaban J connectivity index is 1.65. The Hall–Kier alpha value is -3.39. The van der Waals surface area contributed by atoms with Gasteiger partial charge < -0.3 is 25.4 Å². The second-order valence-electron chi connectivity index (χ2n) is 7.57. The third-order valence-electron chi connectivity index (χ3n) is 5.02. The Morgan fingerprint density at radius 3 is 2.93 bits per heavy atom. The van der Waals surface area contributed by atoms with E-state index in [4.69, 9.17) is 15.0 Å². The normalized spacial score (nSPS) is 15.8. The molecule has 0 amide bonds. The second kappa shape index (κ2) is 8.16. The molecule has 1 atom stereocenters. The lowest BCUT2D eigenvalue weighted by atomic mass is 9.89. The zero-order chi connectivity index (χ0) is 21.3. The van der Waals surface area contributed by atoms with Crippen molar-refractivity contribution < 1.29 is 19.2 Å². The molecule has 3 aromatic rings. The van der Waals surface area contributed by atoms with Gasteiger partial charge in [-0.1, -0.05) is 23.4 Å². The summed E-state index contributed by atoms with van der Waals surface area (Å²) in [5.74, 6) is 0.609. The van der Waals surface area contributed by atoms with Crippen LogP contribution in [0.15, 0.2) is 40.9 Å². The fourth-order valence-corrected chi connectivity index (χ4v) is 3.75. The van der Waals surface area contributed by atoms with Crippen LogP contribution in [-0.2, 0) is 11.2 Å². The predicted molar refractivity (Wildman–Crippen MR) is 112 cm³/mol. The molecule has 4 N–H and O–H groups in total. The molecule has 0 fully saturated rings. The first-order valence-corrected chi connectivity index (χ1v) is 9.90. The molecular weight excluding hydrogens is 384 g/mol. The zero-order valence-corrected chi connectivity index (χ0v) is 16.9. The molecular formula is C22H24N4O4. The van der Waals surface area contributed by atoms with Gasteiger partial charge >= 0.3 is 5.97 Å². The Kier molecular flexibility index (Phi) is 5.41. The molecule has 4 rings (SSSR count). The van der Waals surface area contributed by atoms with Crippen molar-refractivity contribution in [2.75, 3.05) is 12.3 Å². The lowest BCUT2D eigenvalue weighted by molar-refractivity contribution is -0.137. The van der Waals surface area contributed by atoms with Gasteiger partial charge in [-0.15, -0.1) is 0 Å². The number of nitrogen functional groups attached to an aromatic ring is 1. The Morgan fingerprint density at radius 2 is 2.20 bits per heavy atom. The van der Waals surface area contributed by atoms with Gasteiger partial charge in [0.15, 0.2) is 0 Å². The fourth-order valence-electron chi connectivity index (χ4n) is 3.75. The zero-order valence-electron chi connectivity index (χ0n) is 16.9. The number of carboxylic acid groups (broad SMARTS) is 1. The molecule has 0 radical (unpaired) electrons. The van der Waals surface area contributed by atoms with Crippen LogP contribution in [0.4, 0.5) is 5.69 Å². The van der Waals surface area contributed by atoms with E-state index in [0.29, 0.717) is 35.3 Å². The van der Waals surface area contributed by atoms with Crippen LogP contribution in [0.2, 0.25) is 0 Å². The van der Waals surface area contributed by atoms with E-state index >= 15 is 0 Å². The summed E-state index contributed by atoms with van der Waals surface area (Å²) >= 11 is 0. The van der Waals surface area contributed by atoms with Crippen molar-refractivity contribution in [3.05, 3.63) is 47.5 Å². The monoisotopic (exact) mass is 408 g/mol. The highest BCUT2D eigenvalue weighted by molar-refractivity contribution is 5.71. The highest BCUT2D eigenvalue weighted by Gasteiger charge is 2.25. The molecule has 0 bridgehead atoms. The van der Waals surface area contributed by atoms with Crippen LogP contribution >= 0.6 is 0 Å². The van der Waals surface area contributed by atoms with Crippen molar-refractivity contribution in [3.63, 3.8) is 0 Å². The number of hydrogen-bond donors (Lipinski definition) is 3. The van der Waals surface area contributed by atoms with Gasteiger partial charge in [-0.2, -0.15) is 4.98 Å². The first kappa shape index (κ1) is 19.9. The molecule has 0 saturated heterocycles. The number of anilines is 1. The summed E-state index contributed by atoms with van der Waals surface area (Å²) in [4.78, 5) is 15.8. The number of hydrogen-bond acceptors (Lipinski definition) is 7. The number of aliphatic carboxylic acids is 1. The Bertz CT molecular complexity index is 1080. The van der Waals surface area contributed by atoms with Crippen molar-refractivity contribution >= 4 is 11.7 Å². The maximum absolute atomic E-state index is 11.2. The minimum absolute atomic E-state index is 0.0249. The van der Waals surface area contributed by atoms with E-state index in [0.717, 1.165) is 23.1 Å². The summed E-state index contributed by atoms with van der Waals surface area (Å²) in [6.45, 7) is 4.57. The smallest absolute Gasteiger partial charge is 0.305 e. The summed E-state index contributed by atoms with van der Waals surface area (Å²) in [5, 5.41) is 16.6. The summed E-state index contributed by atoms with van der Waals surface area (Å²) in [6, 6.07) is 10.9. The van der Waals surface area contributed by atoms with Gasteiger partial charge in [-0.05, 0) is 56.1 Å². The summed E-state index contributed by atoms with van der Waals surface area (Å²) in [5.41, 5.74) is 10.2. The third kappa shape index (κ3) is 3.99. The Morgan fingerprint density at radius 1 is 1.37 bits per heavy atom. The van der Waals surface area contributed by atoms with Crippen molar-refractivity contribution in [1.29, 1.82) is 0 Å². The lowest BCUT2D eigenvalue weighted by Gasteiger charge is -2.27. The number of ether oxygens (including phenoxy) is 1. The molecule has 30 heavy (non-hydrogen) atoms. The number of carboxylic acids is 1. The van der Waals surface area contributed by atoms with Gasteiger partial charge in [0.1, 0.15) is 5.75 Å². The standard InChI is InChI=1S/C22H24N4O4/c1-12(2)29-19-7-6-13(10-17(19)23)22-25-21(26-30-22)16-5-3-4-15-14(16)8-9-24-18(15)11-20(27)28/h3-7,10,12,18,24H,8-9,11,23H2,1-2H3,(H,27,28). The first-order valence-electron chi connectivity index (χ1n) is 9.90. The fraction of sp³-hybridized carbons (Fsp3) is 0.318. The van der Waals surface area contributed by atoms with Crippen LogP contribution in [0.5, 0.6) is 5.75 Å². The number of nitrogens with one attached hydrogen (secondary N) is 1. The summed E-state index contributed by atoms with van der Waals surface area (Å²) in [7, 11) is 0. The molecule has 1 unspecified atom stereocenters. The predicted octanol–water partition coefficient (Wildman–Crippen LogP) is 3.43. The van der Waals surface area contributed by atoms with Crippen LogP contribution in [0, 0.1) is 0 Å². The highest BCUT2D eigenvalue weighted by atomic mass is 16.5. The first-order chi connectivity index (χ1) is 14.4. The minimum atomic E-state index is -0.838.